The Morgan fingerprint density at radius 1 is 1.23 bits per heavy atom. The number of aliphatic hydroxyl groups excluding tert-OH is 1. The average Bonchev–Trinajstić information content (AvgIpc) is 3.49. The molecule has 0 radical (unpaired) electrons. The molecular formula is C28H41N5O5S. The van der Waals surface area contributed by atoms with E-state index in [0.29, 0.717) is 19.6 Å². The summed E-state index contributed by atoms with van der Waals surface area (Å²) in [6.07, 6.45) is -0.0788. The van der Waals surface area contributed by atoms with E-state index in [1.54, 1.807) is 11.3 Å². The lowest BCUT2D eigenvalue weighted by molar-refractivity contribution is -0.144. The van der Waals surface area contributed by atoms with Crippen LogP contribution in [0.1, 0.15) is 57.8 Å². The SMILES string of the molecule is Cc1ncsc1-c1ccc([C@H](C)NC(=O)[C@@H]2C[C@@H](O)CN2C(=O)[C@@H](NC(=O)COCCCN)C(C)(C)C)cc1. The third-order valence-electron chi connectivity index (χ3n) is 6.79. The standard InChI is InChI=1S/C28H41N5O5S/c1-17(19-7-9-20(10-8-19)24-18(2)30-16-39-24)31-26(36)22-13-21(34)14-33(22)27(37)25(28(3,4)5)32-23(35)15-38-12-6-11-29/h7-10,16-17,21-22,25,34H,6,11-15,29H2,1-5H3,(H,31,36)(H,32,35)/t17-,21+,22-,25+/m0/s1. The second-order valence-corrected chi connectivity index (χ2v) is 11.9. The number of aromatic nitrogens is 1. The number of nitrogens with two attached hydrogens (primary N) is 1. The lowest BCUT2D eigenvalue weighted by atomic mass is 9.85. The number of hydrogen-bond donors (Lipinski definition) is 4. The van der Waals surface area contributed by atoms with Gasteiger partial charge in [-0.1, -0.05) is 45.0 Å². The van der Waals surface area contributed by atoms with Crippen molar-refractivity contribution in [1.82, 2.24) is 20.5 Å². The Labute approximate surface area is 234 Å². The van der Waals surface area contributed by atoms with Crippen LogP contribution in [0.5, 0.6) is 0 Å². The third kappa shape index (κ3) is 8.07. The Bertz CT molecular complexity index is 1130. The fourth-order valence-corrected chi connectivity index (χ4v) is 5.38. The first-order chi connectivity index (χ1) is 18.4. The highest BCUT2D eigenvalue weighted by Gasteiger charge is 2.44. The van der Waals surface area contributed by atoms with Gasteiger partial charge in [0.1, 0.15) is 18.7 Å². The zero-order valence-electron chi connectivity index (χ0n) is 23.4. The van der Waals surface area contributed by atoms with E-state index in [9.17, 15) is 19.5 Å². The van der Waals surface area contributed by atoms with E-state index in [4.69, 9.17) is 10.5 Å². The van der Waals surface area contributed by atoms with E-state index in [1.807, 2.05) is 64.4 Å². The van der Waals surface area contributed by atoms with Crippen molar-refractivity contribution in [2.24, 2.45) is 11.1 Å². The Morgan fingerprint density at radius 2 is 1.92 bits per heavy atom. The van der Waals surface area contributed by atoms with Gasteiger partial charge in [-0.15, -0.1) is 11.3 Å². The summed E-state index contributed by atoms with van der Waals surface area (Å²) in [7, 11) is 0. The second kappa shape index (κ2) is 13.5. The van der Waals surface area contributed by atoms with Gasteiger partial charge in [0.15, 0.2) is 0 Å². The molecule has 3 rings (SSSR count). The normalized spacial score (nSPS) is 19.0. The summed E-state index contributed by atoms with van der Waals surface area (Å²) in [5.74, 6) is -1.18. The molecule has 214 valence electrons. The summed E-state index contributed by atoms with van der Waals surface area (Å²) in [5.41, 5.74) is 9.58. The van der Waals surface area contributed by atoms with Crippen LogP contribution in [0, 0.1) is 12.3 Å². The summed E-state index contributed by atoms with van der Waals surface area (Å²) >= 11 is 1.58. The van der Waals surface area contributed by atoms with Crippen LogP contribution in [0.4, 0.5) is 0 Å². The number of hydrogen-bond acceptors (Lipinski definition) is 8. The van der Waals surface area contributed by atoms with Gasteiger partial charge in [-0.25, -0.2) is 4.98 Å². The zero-order valence-corrected chi connectivity index (χ0v) is 24.2. The Morgan fingerprint density at radius 3 is 2.51 bits per heavy atom. The number of ether oxygens (including phenoxy) is 1. The predicted molar refractivity (Wildman–Crippen MR) is 151 cm³/mol. The summed E-state index contributed by atoms with van der Waals surface area (Å²) in [5, 5.41) is 16.2. The highest BCUT2D eigenvalue weighted by molar-refractivity contribution is 7.13. The van der Waals surface area contributed by atoms with Gasteiger partial charge in [-0.2, -0.15) is 0 Å². The number of nitrogens with zero attached hydrogens (tertiary/aromatic N) is 2. The first kappa shape index (κ1) is 30.7. The second-order valence-electron chi connectivity index (χ2n) is 11.1. The summed E-state index contributed by atoms with van der Waals surface area (Å²) in [4.78, 5) is 46.3. The van der Waals surface area contributed by atoms with E-state index < -0.39 is 35.4 Å². The van der Waals surface area contributed by atoms with Gasteiger partial charge < -0.3 is 31.1 Å². The smallest absolute Gasteiger partial charge is 0.246 e. The minimum Gasteiger partial charge on any atom is -0.391 e. The van der Waals surface area contributed by atoms with Crippen molar-refractivity contribution in [3.05, 3.63) is 41.0 Å². The molecule has 1 aromatic heterocycles. The van der Waals surface area contributed by atoms with Crippen LogP contribution in [-0.4, -0.2) is 77.2 Å². The van der Waals surface area contributed by atoms with Crippen LogP contribution in [-0.2, 0) is 19.1 Å². The number of aryl methyl sites for hydroxylation is 1. The van der Waals surface area contributed by atoms with Gasteiger partial charge in [-0.05, 0) is 43.4 Å². The van der Waals surface area contributed by atoms with Crippen molar-refractivity contribution < 1.29 is 24.2 Å². The van der Waals surface area contributed by atoms with E-state index in [0.717, 1.165) is 21.7 Å². The Balaban J connectivity index is 1.68. The molecule has 3 amide bonds. The number of thiazole rings is 1. The molecule has 1 aromatic carbocycles. The van der Waals surface area contributed by atoms with Gasteiger partial charge in [0.05, 0.1) is 28.2 Å². The largest absolute Gasteiger partial charge is 0.391 e. The van der Waals surface area contributed by atoms with Crippen LogP contribution < -0.4 is 16.4 Å². The maximum Gasteiger partial charge on any atom is 0.246 e. The molecule has 1 aliphatic heterocycles. The minimum absolute atomic E-state index is 0.0175. The van der Waals surface area contributed by atoms with E-state index >= 15 is 0 Å². The van der Waals surface area contributed by atoms with Gasteiger partial charge in [-0.3, -0.25) is 14.4 Å². The predicted octanol–water partition coefficient (Wildman–Crippen LogP) is 2.15. The Kier molecular flexibility index (Phi) is 10.6. The number of likely N-dealkylation sites (tertiary alicyclic amines) is 1. The number of rotatable bonds is 11. The molecule has 1 aliphatic rings. The van der Waals surface area contributed by atoms with Gasteiger partial charge in [0.2, 0.25) is 17.7 Å². The number of benzene rings is 1. The molecule has 2 heterocycles. The van der Waals surface area contributed by atoms with Crippen LogP contribution in [0.25, 0.3) is 10.4 Å². The van der Waals surface area contributed by atoms with Crippen molar-refractivity contribution in [3.63, 3.8) is 0 Å². The number of amides is 3. The first-order valence-corrected chi connectivity index (χ1v) is 14.2. The maximum atomic E-state index is 13.7. The molecular weight excluding hydrogens is 518 g/mol. The molecule has 0 spiro atoms. The van der Waals surface area contributed by atoms with Crippen LogP contribution in [0.3, 0.4) is 0 Å². The highest BCUT2D eigenvalue weighted by atomic mass is 32.1. The van der Waals surface area contributed by atoms with Gasteiger partial charge in [0, 0.05) is 19.6 Å². The van der Waals surface area contributed by atoms with Gasteiger partial charge in [0.25, 0.3) is 0 Å². The monoisotopic (exact) mass is 559 g/mol. The topological polar surface area (TPSA) is 147 Å². The van der Waals surface area contributed by atoms with Crippen molar-refractivity contribution in [1.29, 1.82) is 0 Å². The molecule has 0 saturated carbocycles. The summed E-state index contributed by atoms with van der Waals surface area (Å²) in [6.45, 7) is 10.0. The molecule has 4 atom stereocenters. The quantitative estimate of drug-likeness (QED) is 0.309. The Hall–Kier alpha value is -2.86. The molecule has 1 saturated heterocycles. The van der Waals surface area contributed by atoms with Crippen LogP contribution >= 0.6 is 11.3 Å². The number of nitrogens with one attached hydrogen (secondary N) is 2. The number of carbonyl (C=O) groups excluding carboxylic acids is 3. The molecule has 39 heavy (non-hydrogen) atoms. The average molecular weight is 560 g/mol. The van der Waals surface area contributed by atoms with E-state index in [-0.39, 0.29) is 31.5 Å². The minimum atomic E-state index is -0.899. The number of aliphatic hydroxyl groups is 1. The van der Waals surface area contributed by atoms with Gasteiger partial charge >= 0.3 is 0 Å². The van der Waals surface area contributed by atoms with Crippen molar-refractivity contribution >= 4 is 29.1 Å². The van der Waals surface area contributed by atoms with E-state index in [1.165, 1.54) is 4.90 Å². The molecule has 11 heteroatoms. The lowest BCUT2D eigenvalue weighted by Crippen LogP contribution is -2.58. The molecule has 1 fully saturated rings. The first-order valence-electron chi connectivity index (χ1n) is 13.3. The van der Waals surface area contributed by atoms with Crippen LogP contribution in [0.2, 0.25) is 0 Å². The molecule has 0 bridgehead atoms. The van der Waals surface area contributed by atoms with Crippen molar-refractivity contribution in [2.75, 3.05) is 26.3 Å². The lowest BCUT2D eigenvalue weighted by Gasteiger charge is -2.35. The van der Waals surface area contributed by atoms with Crippen molar-refractivity contribution in [3.8, 4) is 10.4 Å². The van der Waals surface area contributed by atoms with Crippen LogP contribution in [0.15, 0.2) is 29.8 Å². The molecule has 2 aromatic rings. The fraction of sp³-hybridized carbons (Fsp3) is 0.571. The molecule has 10 nitrogen and oxygen atoms in total. The highest BCUT2D eigenvalue weighted by Crippen LogP contribution is 2.29. The summed E-state index contributed by atoms with van der Waals surface area (Å²) in [6, 6.07) is 5.88. The summed E-state index contributed by atoms with van der Waals surface area (Å²) < 4.78 is 5.33. The third-order valence-corrected chi connectivity index (χ3v) is 7.76. The van der Waals surface area contributed by atoms with E-state index in [2.05, 4.69) is 15.6 Å². The molecule has 5 N–H and O–H groups in total. The van der Waals surface area contributed by atoms with Crippen molar-refractivity contribution in [2.45, 2.75) is 71.7 Å². The molecule has 0 unspecified atom stereocenters. The zero-order chi connectivity index (χ0) is 28.7. The maximum absolute atomic E-state index is 13.7. The number of carbonyl (C=O) groups is 3. The molecule has 0 aliphatic carbocycles. The number of β-amino-alcohol motifs (C(OH)–C–C–N with tert-alkyl or cyclic N) is 1. The fourth-order valence-electron chi connectivity index (χ4n) is 4.57.